The van der Waals surface area contributed by atoms with Crippen LogP contribution in [-0.2, 0) is 11.3 Å². The lowest BCUT2D eigenvalue weighted by molar-refractivity contribution is -0.275. The molecule has 0 unspecified atom stereocenters. The second kappa shape index (κ2) is 8.04. The van der Waals surface area contributed by atoms with Crippen molar-refractivity contribution in [3.05, 3.63) is 28.2 Å². The molecular weight excluding hydrogens is 417 g/mol. The van der Waals surface area contributed by atoms with Gasteiger partial charge in [0.1, 0.15) is 11.4 Å². The molecule has 0 saturated carbocycles. The lowest BCUT2D eigenvalue weighted by Gasteiger charge is -2.22. The molecule has 1 aliphatic heterocycles. The van der Waals surface area contributed by atoms with Crippen molar-refractivity contribution in [1.29, 1.82) is 0 Å². The van der Waals surface area contributed by atoms with E-state index < -0.39 is 18.1 Å². The molecule has 0 spiro atoms. The number of hydrogen-bond acceptors (Lipinski definition) is 4. The SMILES string of the molecule is CC(C)(C)OC(=O)N[C@@H]1CCN(Cc2cc(Br)ccc2OC(F)(F)F)C1. The summed E-state index contributed by atoms with van der Waals surface area (Å²) in [5.41, 5.74) is -0.155. The van der Waals surface area contributed by atoms with Crippen LogP contribution in [0.25, 0.3) is 0 Å². The Labute approximate surface area is 159 Å². The first-order valence-corrected chi connectivity index (χ1v) is 8.96. The third kappa shape index (κ3) is 7.03. The molecule has 146 valence electrons. The predicted octanol–water partition coefficient (Wildman–Crippen LogP) is 4.45. The molecular formula is C17H22BrF3N2O3. The summed E-state index contributed by atoms with van der Waals surface area (Å²) in [6.07, 6.45) is -4.54. The average Bonchev–Trinajstić information content (AvgIpc) is 2.85. The van der Waals surface area contributed by atoms with E-state index in [1.54, 1.807) is 26.8 Å². The monoisotopic (exact) mass is 438 g/mol. The first-order valence-electron chi connectivity index (χ1n) is 8.17. The standard InChI is InChI=1S/C17H22BrF3N2O3/c1-16(2,3)26-15(24)22-13-6-7-23(10-13)9-11-8-12(18)4-5-14(11)25-17(19,20)21/h4-5,8,13H,6-7,9-10H2,1-3H3,(H,22,24)/t13-/m1/s1. The van der Waals surface area contributed by atoms with Gasteiger partial charge in [0.2, 0.25) is 0 Å². The molecule has 1 fully saturated rings. The molecule has 1 aromatic carbocycles. The Bertz CT molecular complexity index is 647. The molecule has 1 aliphatic rings. The van der Waals surface area contributed by atoms with Gasteiger partial charge in [-0.15, -0.1) is 13.2 Å². The summed E-state index contributed by atoms with van der Waals surface area (Å²) >= 11 is 3.27. The average molecular weight is 439 g/mol. The maximum Gasteiger partial charge on any atom is 0.573 e. The summed E-state index contributed by atoms with van der Waals surface area (Å²) in [6, 6.07) is 4.29. The number of benzene rings is 1. The molecule has 2 rings (SSSR count). The van der Waals surface area contributed by atoms with Crippen molar-refractivity contribution in [3.8, 4) is 5.75 Å². The first kappa shape index (κ1) is 20.8. The number of amides is 1. The van der Waals surface area contributed by atoms with Gasteiger partial charge in [-0.05, 0) is 45.4 Å². The summed E-state index contributed by atoms with van der Waals surface area (Å²) < 4.78 is 47.7. The third-order valence-corrected chi connectivity index (χ3v) is 4.13. The minimum atomic E-state index is -4.74. The second-order valence-electron chi connectivity index (χ2n) is 7.17. The fraction of sp³-hybridized carbons (Fsp3) is 0.588. The van der Waals surface area contributed by atoms with Gasteiger partial charge in [0.15, 0.2) is 0 Å². The van der Waals surface area contributed by atoms with Crippen LogP contribution in [0.15, 0.2) is 22.7 Å². The molecule has 0 aliphatic carbocycles. The van der Waals surface area contributed by atoms with Gasteiger partial charge in [0, 0.05) is 35.7 Å². The summed E-state index contributed by atoms with van der Waals surface area (Å²) in [6.45, 7) is 6.81. The first-order chi connectivity index (χ1) is 11.9. The van der Waals surface area contributed by atoms with Crippen molar-refractivity contribution >= 4 is 22.0 Å². The number of alkyl carbamates (subject to hydrolysis) is 1. The Hall–Kier alpha value is -1.48. The van der Waals surface area contributed by atoms with E-state index in [4.69, 9.17) is 4.74 Å². The third-order valence-electron chi connectivity index (χ3n) is 3.64. The quantitative estimate of drug-likeness (QED) is 0.754. The van der Waals surface area contributed by atoms with Crippen molar-refractivity contribution < 1.29 is 27.4 Å². The molecule has 26 heavy (non-hydrogen) atoms. The predicted molar refractivity (Wildman–Crippen MR) is 93.9 cm³/mol. The Kier molecular flexibility index (Phi) is 6.44. The minimum Gasteiger partial charge on any atom is -0.444 e. The number of carbonyl (C=O) groups excluding carboxylic acids is 1. The Morgan fingerprint density at radius 2 is 2.04 bits per heavy atom. The van der Waals surface area contributed by atoms with E-state index in [2.05, 4.69) is 26.0 Å². The topological polar surface area (TPSA) is 50.8 Å². The highest BCUT2D eigenvalue weighted by molar-refractivity contribution is 9.10. The normalized spacial score (nSPS) is 18.7. The molecule has 1 aromatic rings. The van der Waals surface area contributed by atoms with Crippen LogP contribution in [0.1, 0.15) is 32.8 Å². The van der Waals surface area contributed by atoms with Crippen molar-refractivity contribution in [1.82, 2.24) is 10.2 Å². The largest absolute Gasteiger partial charge is 0.573 e. The van der Waals surface area contributed by atoms with Crippen LogP contribution in [0, 0.1) is 0 Å². The highest BCUT2D eigenvalue weighted by Crippen LogP contribution is 2.30. The molecule has 1 amide bonds. The van der Waals surface area contributed by atoms with Gasteiger partial charge in [0.25, 0.3) is 0 Å². The van der Waals surface area contributed by atoms with E-state index >= 15 is 0 Å². The number of hydrogen-bond donors (Lipinski definition) is 1. The van der Waals surface area contributed by atoms with Crippen LogP contribution < -0.4 is 10.1 Å². The molecule has 0 aromatic heterocycles. The molecule has 1 saturated heterocycles. The Morgan fingerprint density at radius 1 is 1.35 bits per heavy atom. The van der Waals surface area contributed by atoms with E-state index in [9.17, 15) is 18.0 Å². The van der Waals surface area contributed by atoms with E-state index in [-0.39, 0.29) is 18.3 Å². The zero-order valence-electron chi connectivity index (χ0n) is 14.8. The Balaban J connectivity index is 1.96. The fourth-order valence-electron chi connectivity index (χ4n) is 2.71. The number of alkyl halides is 3. The van der Waals surface area contributed by atoms with Gasteiger partial charge in [0.05, 0.1) is 0 Å². The van der Waals surface area contributed by atoms with E-state index in [1.807, 2.05) is 4.90 Å². The van der Waals surface area contributed by atoms with Crippen LogP contribution in [-0.4, -0.2) is 42.1 Å². The highest BCUT2D eigenvalue weighted by atomic mass is 79.9. The molecule has 1 heterocycles. The molecule has 0 radical (unpaired) electrons. The van der Waals surface area contributed by atoms with Gasteiger partial charge in [-0.3, -0.25) is 4.90 Å². The van der Waals surface area contributed by atoms with E-state index in [1.165, 1.54) is 12.1 Å². The highest BCUT2D eigenvalue weighted by Gasteiger charge is 2.33. The molecule has 9 heteroatoms. The number of carbonyl (C=O) groups is 1. The lowest BCUT2D eigenvalue weighted by Crippen LogP contribution is -2.40. The number of rotatable bonds is 4. The zero-order chi connectivity index (χ0) is 19.5. The number of nitrogens with zero attached hydrogens (tertiary/aromatic N) is 1. The van der Waals surface area contributed by atoms with Crippen molar-refractivity contribution in [3.63, 3.8) is 0 Å². The summed E-state index contributed by atoms with van der Waals surface area (Å²) in [5, 5.41) is 2.79. The lowest BCUT2D eigenvalue weighted by atomic mass is 10.2. The maximum atomic E-state index is 12.6. The Morgan fingerprint density at radius 3 is 2.65 bits per heavy atom. The van der Waals surface area contributed by atoms with Crippen molar-refractivity contribution in [2.45, 2.75) is 51.7 Å². The number of ether oxygens (including phenoxy) is 2. The molecule has 5 nitrogen and oxygen atoms in total. The van der Waals surface area contributed by atoms with Crippen LogP contribution in [0.3, 0.4) is 0 Å². The molecule has 1 N–H and O–H groups in total. The summed E-state index contributed by atoms with van der Waals surface area (Å²) in [4.78, 5) is 13.8. The molecule has 0 bridgehead atoms. The van der Waals surface area contributed by atoms with Gasteiger partial charge in [-0.1, -0.05) is 15.9 Å². The van der Waals surface area contributed by atoms with E-state index in [0.717, 1.165) is 0 Å². The smallest absolute Gasteiger partial charge is 0.444 e. The van der Waals surface area contributed by atoms with Crippen LogP contribution in [0.5, 0.6) is 5.75 Å². The van der Waals surface area contributed by atoms with Gasteiger partial charge in [-0.2, -0.15) is 0 Å². The number of nitrogens with one attached hydrogen (secondary N) is 1. The van der Waals surface area contributed by atoms with Crippen LogP contribution >= 0.6 is 15.9 Å². The van der Waals surface area contributed by atoms with Crippen molar-refractivity contribution in [2.75, 3.05) is 13.1 Å². The summed E-state index contributed by atoms with van der Waals surface area (Å²) in [7, 11) is 0. The second-order valence-corrected chi connectivity index (χ2v) is 8.08. The number of likely N-dealkylation sites (tertiary alicyclic amines) is 1. The minimum absolute atomic E-state index is 0.107. The fourth-order valence-corrected chi connectivity index (χ4v) is 3.11. The van der Waals surface area contributed by atoms with Crippen LogP contribution in [0.2, 0.25) is 0 Å². The number of halogens is 4. The van der Waals surface area contributed by atoms with E-state index in [0.29, 0.717) is 29.5 Å². The summed E-state index contributed by atoms with van der Waals surface area (Å²) in [5.74, 6) is -0.218. The van der Waals surface area contributed by atoms with Crippen molar-refractivity contribution in [2.24, 2.45) is 0 Å². The van der Waals surface area contributed by atoms with Crippen LogP contribution in [0.4, 0.5) is 18.0 Å². The van der Waals surface area contributed by atoms with Gasteiger partial charge in [-0.25, -0.2) is 4.79 Å². The van der Waals surface area contributed by atoms with Gasteiger partial charge < -0.3 is 14.8 Å². The molecule has 1 atom stereocenters. The maximum absolute atomic E-state index is 12.6. The van der Waals surface area contributed by atoms with Gasteiger partial charge >= 0.3 is 12.5 Å². The zero-order valence-corrected chi connectivity index (χ0v) is 16.4.